The van der Waals surface area contributed by atoms with E-state index < -0.39 is 0 Å². The van der Waals surface area contributed by atoms with Crippen LogP contribution in [0.4, 0.5) is 8.78 Å². The number of phenols is 2. The summed E-state index contributed by atoms with van der Waals surface area (Å²) < 4.78 is 29.0. The maximum absolute atomic E-state index is 13.6. The number of phenolic OH excluding ortho intramolecular Hbond substituents is 2. The number of aromatic hydroxyl groups is 2. The first kappa shape index (κ1) is 29.8. The number of fused-ring (bicyclic) bond motifs is 1. The van der Waals surface area contributed by atoms with Crippen LogP contribution >= 0.6 is 11.9 Å². The predicted octanol–water partition coefficient (Wildman–Crippen LogP) is 6.57. The topological polar surface area (TPSA) is 67.3 Å². The molecule has 0 aromatic heterocycles. The van der Waals surface area contributed by atoms with Crippen molar-refractivity contribution in [2.75, 3.05) is 39.3 Å². The molecule has 0 saturated carbocycles. The van der Waals surface area contributed by atoms with Crippen molar-refractivity contribution < 1.29 is 23.8 Å². The predicted molar refractivity (Wildman–Crippen MR) is 162 cm³/mol. The zero-order valence-corrected chi connectivity index (χ0v) is 24.4. The van der Waals surface area contributed by atoms with Crippen molar-refractivity contribution in [3.63, 3.8) is 0 Å². The Kier molecular flexibility index (Phi) is 9.62. The minimum Gasteiger partial charge on any atom is -0.504 e. The normalized spacial score (nSPS) is 14.5. The van der Waals surface area contributed by atoms with Gasteiger partial charge in [-0.2, -0.15) is 0 Å². The largest absolute Gasteiger partial charge is 0.504 e. The zero-order valence-electron chi connectivity index (χ0n) is 23.5. The fourth-order valence-electron chi connectivity index (χ4n) is 5.44. The first-order chi connectivity index (χ1) is 20.3. The van der Waals surface area contributed by atoms with E-state index in [0.29, 0.717) is 6.54 Å². The van der Waals surface area contributed by atoms with Crippen LogP contribution in [0, 0.1) is 11.6 Å². The van der Waals surface area contributed by atoms with E-state index in [9.17, 15) is 23.8 Å². The quantitative estimate of drug-likeness (QED) is 0.124. The maximum atomic E-state index is 13.6. The number of halogens is 2. The maximum Gasteiger partial charge on any atom is 0.229 e. The zero-order chi connectivity index (χ0) is 29.6. The lowest BCUT2D eigenvalue weighted by Crippen LogP contribution is -2.48. The third-order valence-electron chi connectivity index (χ3n) is 7.70. The second-order valence-electron chi connectivity index (χ2n) is 10.7. The molecule has 1 amide bonds. The molecule has 6 nitrogen and oxygen atoms in total. The van der Waals surface area contributed by atoms with Gasteiger partial charge in [-0.15, -0.1) is 0 Å². The summed E-state index contributed by atoms with van der Waals surface area (Å²) in [5, 5.41) is 21.2. The van der Waals surface area contributed by atoms with Crippen LogP contribution in [0.3, 0.4) is 0 Å². The summed E-state index contributed by atoms with van der Waals surface area (Å²) in [5.41, 5.74) is 1.97. The van der Waals surface area contributed by atoms with Crippen LogP contribution in [0.25, 0.3) is 10.8 Å². The van der Waals surface area contributed by atoms with Crippen molar-refractivity contribution >= 4 is 28.6 Å². The molecule has 0 bridgehead atoms. The van der Waals surface area contributed by atoms with Gasteiger partial charge in [0.1, 0.15) is 11.6 Å². The number of piperazine rings is 1. The Balaban J connectivity index is 1.12. The highest BCUT2D eigenvalue weighted by Gasteiger charge is 2.26. The van der Waals surface area contributed by atoms with Crippen LogP contribution in [0.15, 0.2) is 83.8 Å². The molecule has 0 unspecified atom stereocenters. The molecule has 1 aliphatic heterocycles. The second-order valence-corrected chi connectivity index (χ2v) is 11.7. The molecule has 5 rings (SSSR count). The van der Waals surface area contributed by atoms with E-state index in [-0.39, 0.29) is 35.1 Å². The van der Waals surface area contributed by atoms with E-state index in [1.165, 1.54) is 48.3 Å². The molecule has 1 heterocycles. The molecule has 0 atom stereocenters. The van der Waals surface area contributed by atoms with E-state index in [4.69, 9.17) is 0 Å². The van der Waals surface area contributed by atoms with Gasteiger partial charge in [-0.05, 0) is 102 Å². The molecule has 0 aliphatic carbocycles. The van der Waals surface area contributed by atoms with E-state index in [2.05, 4.69) is 9.80 Å². The van der Waals surface area contributed by atoms with E-state index in [0.717, 1.165) is 72.4 Å². The van der Waals surface area contributed by atoms with Gasteiger partial charge >= 0.3 is 0 Å². The van der Waals surface area contributed by atoms with Gasteiger partial charge < -0.3 is 15.1 Å². The van der Waals surface area contributed by atoms with E-state index in [1.54, 1.807) is 35.5 Å². The number of amides is 1. The van der Waals surface area contributed by atoms with Gasteiger partial charge in [0.2, 0.25) is 5.91 Å². The number of nitrogens with zero attached hydrogens (tertiary/aromatic N) is 3. The van der Waals surface area contributed by atoms with E-state index >= 15 is 0 Å². The average molecular weight is 592 g/mol. The standard InChI is InChI=1S/C33H35F2N3O3S/c1-23(39)38(42-30-13-8-26-21-31(40)32(41)22-27(26)20-30)15-3-2-14-36-16-18-37(19-17-36)33(24-4-9-28(34)10-5-24)25-6-11-29(35)12-7-25/h4-13,20-22,33,40-41H,2-3,14-19H2,1H3. The Morgan fingerprint density at radius 2 is 1.38 bits per heavy atom. The highest BCUT2D eigenvalue weighted by atomic mass is 32.2. The highest BCUT2D eigenvalue weighted by Crippen LogP contribution is 2.34. The summed E-state index contributed by atoms with van der Waals surface area (Å²) in [4.78, 5) is 18.0. The van der Waals surface area contributed by atoms with Crippen LogP contribution < -0.4 is 0 Å². The fraction of sp³-hybridized carbons (Fsp3) is 0.303. The Morgan fingerprint density at radius 1 is 0.810 bits per heavy atom. The Bertz CT molecular complexity index is 1460. The Morgan fingerprint density at radius 3 is 1.95 bits per heavy atom. The number of rotatable bonds is 10. The lowest BCUT2D eigenvalue weighted by molar-refractivity contribution is -0.123. The molecule has 9 heteroatoms. The minimum absolute atomic E-state index is 0.0186. The third kappa shape index (κ3) is 7.40. The lowest BCUT2D eigenvalue weighted by Gasteiger charge is -2.40. The molecule has 220 valence electrons. The van der Waals surface area contributed by atoms with Crippen molar-refractivity contribution in [1.29, 1.82) is 0 Å². The summed E-state index contributed by atoms with van der Waals surface area (Å²) in [5.74, 6) is -0.899. The van der Waals surface area contributed by atoms with Gasteiger partial charge in [-0.25, -0.2) is 8.78 Å². The molecule has 42 heavy (non-hydrogen) atoms. The summed E-state index contributed by atoms with van der Waals surface area (Å²) >= 11 is 1.38. The van der Waals surface area contributed by atoms with Crippen molar-refractivity contribution in [3.05, 3.63) is 102 Å². The fourth-order valence-corrected chi connectivity index (χ4v) is 6.36. The first-order valence-corrected chi connectivity index (χ1v) is 14.9. The lowest BCUT2D eigenvalue weighted by atomic mass is 9.96. The SMILES string of the molecule is CC(=O)N(CCCCN1CCN(C(c2ccc(F)cc2)c2ccc(F)cc2)CC1)Sc1ccc2cc(O)c(O)cc2c1. The van der Waals surface area contributed by atoms with E-state index in [1.807, 2.05) is 18.2 Å². The minimum atomic E-state index is -0.276. The van der Waals surface area contributed by atoms with Crippen LogP contribution in [0.5, 0.6) is 11.5 Å². The Hall–Kier alpha value is -3.66. The molecular weight excluding hydrogens is 556 g/mol. The summed E-state index contributed by atoms with van der Waals surface area (Å²) in [6.45, 7) is 6.58. The van der Waals surface area contributed by atoms with Crippen molar-refractivity contribution in [3.8, 4) is 11.5 Å². The number of carbonyl (C=O) groups is 1. The molecule has 4 aromatic rings. The molecule has 1 aliphatic rings. The smallest absolute Gasteiger partial charge is 0.229 e. The molecule has 4 aromatic carbocycles. The van der Waals surface area contributed by atoms with Crippen LogP contribution in [0.1, 0.15) is 36.9 Å². The van der Waals surface area contributed by atoms with Crippen molar-refractivity contribution in [2.45, 2.75) is 30.7 Å². The highest BCUT2D eigenvalue weighted by molar-refractivity contribution is 7.97. The van der Waals surface area contributed by atoms with Crippen molar-refractivity contribution in [1.82, 2.24) is 14.1 Å². The van der Waals surface area contributed by atoms with Gasteiger partial charge in [-0.1, -0.05) is 30.3 Å². The van der Waals surface area contributed by atoms with Crippen LogP contribution in [-0.4, -0.2) is 69.5 Å². The van der Waals surface area contributed by atoms with Crippen molar-refractivity contribution in [2.24, 2.45) is 0 Å². The van der Waals surface area contributed by atoms with Gasteiger partial charge in [-0.3, -0.25) is 14.0 Å². The summed E-state index contributed by atoms with van der Waals surface area (Å²) in [7, 11) is 0. The Labute approximate surface area is 249 Å². The summed E-state index contributed by atoms with van der Waals surface area (Å²) in [6, 6.07) is 21.8. The molecular formula is C33H35F2N3O3S. The van der Waals surface area contributed by atoms with Gasteiger partial charge in [0.05, 0.1) is 6.04 Å². The molecule has 2 N–H and O–H groups in total. The van der Waals surface area contributed by atoms with Crippen LogP contribution in [0.2, 0.25) is 0 Å². The number of benzene rings is 4. The number of hydrogen-bond donors (Lipinski definition) is 2. The first-order valence-electron chi connectivity index (χ1n) is 14.2. The number of carbonyl (C=O) groups excluding carboxylic acids is 1. The van der Waals surface area contributed by atoms with Gasteiger partial charge in [0, 0.05) is 44.5 Å². The van der Waals surface area contributed by atoms with Gasteiger partial charge in [0.15, 0.2) is 11.5 Å². The molecule has 0 radical (unpaired) electrons. The second kappa shape index (κ2) is 13.5. The van der Waals surface area contributed by atoms with Crippen LogP contribution in [-0.2, 0) is 4.79 Å². The summed E-state index contributed by atoms with van der Waals surface area (Å²) in [6.07, 6.45) is 1.82. The number of unbranched alkanes of at least 4 members (excludes halogenated alkanes) is 1. The third-order valence-corrected chi connectivity index (χ3v) is 8.83. The average Bonchev–Trinajstić information content (AvgIpc) is 2.98. The molecule has 0 spiro atoms. The molecule has 1 fully saturated rings. The van der Waals surface area contributed by atoms with Gasteiger partial charge in [0.25, 0.3) is 0 Å². The monoisotopic (exact) mass is 591 g/mol. The number of hydrogen-bond acceptors (Lipinski definition) is 6. The molecule has 1 saturated heterocycles.